The van der Waals surface area contributed by atoms with Crippen LogP contribution in [0, 0.1) is 0 Å². The van der Waals surface area contributed by atoms with Crippen molar-refractivity contribution in [2.45, 2.75) is 57.3 Å². The van der Waals surface area contributed by atoms with E-state index in [2.05, 4.69) is 4.90 Å². The summed E-state index contributed by atoms with van der Waals surface area (Å²) in [5, 5.41) is 8.67. The molecule has 0 aliphatic heterocycles. The summed E-state index contributed by atoms with van der Waals surface area (Å²) in [5.74, 6) is -0.811. The third kappa shape index (κ3) is 5.23. The van der Waals surface area contributed by atoms with Crippen molar-refractivity contribution in [2.75, 3.05) is 6.54 Å². The second-order valence-electron chi connectivity index (χ2n) is 6.12. The van der Waals surface area contributed by atoms with Crippen LogP contribution in [-0.4, -0.2) is 28.6 Å². The van der Waals surface area contributed by atoms with Crippen molar-refractivity contribution >= 4 is 5.97 Å². The van der Waals surface area contributed by atoms with E-state index in [-0.39, 0.29) is 12.5 Å². The van der Waals surface area contributed by atoms with Gasteiger partial charge < -0.3 is 5.11 Å². The molecule has 0 amide bonds. The first kappa shape index (κ1) is 17.8. The number of hydrogen-bond donors (Lipinski definition) is 1. The fourth-order valence-corrected chi connectivity index (χ4v) is 2.84. The lowest BCUT2D eigenvalue weighted by Gasteiger charge is -2.30. The van der Waals surface area contributed by atoms with Gasteiger partial charge in [0.1, 0.15) is 0 Å². The molecule has 1 aromatic carbocycles. The molecule has 3 nitrogen and oxygen atoms in total. The summed E-state index contributed by atoms with van der Waals surface area (Å²) in [6, 6.07) is 5.79. The average Bonchev–Trinajstić information content (AvgIpc) is 3.30. The first-order valence-electron chi connectivity index (χ1n) is 7.93. The number of carboxylic acid groups (broad SMARTS) is 1. The van der Waals surface area contributed by atoms with Crippen molar-refractivity contribution in [3.63, 3.8) is 0 Å². The summed E-state index contributed by atoms with van der Waals surface area (Å²) in [6.45, 7) is 2.64. The van der Waals surface area contributed by atoms with E-state index in [1.807, 2.05) is 6.92 Å². The number of benzene rings is 1. The van der Waals surface area contributed by atoms with E-state index in [9.17, 15) is 18.0 Å². The summed E-state index contributed by atoms with van der Waals surface area (Å²) in [4.78, 5) is 12.8. The molecule has 1 fully saturated rings. The Morgan fingerprint density at radius 3 is 2.61 bits per heavy atom. The predicted octanol–water partition coefficient (Wildman–Crippen LogP) is 4.49. The Hall–Kier alpha value is -1.56. The van der Waals surface area contributed by atoms with E-state index in [1.54, 1.807) is 6.07 Å². The Bertz CT molecular complexity index is 541. The van der Waals surface area contributed by atoms with E-state index in [0.29, 0.717) is 18.0 Å². The minimum atomic E-state index is -4.33. The SMILES string of the molecule is CC(c1cccc(C(F)(F)F)c1)N(CCCCC(=O)O)C1CC1. The Morgan fingerprint density at radius 1 is 1.35 bits per heavy atom. The molecule has 6 heteroatoms. The van der Waals surface area contributed by atoms with Gasteiger partial charge in [0.2, 0.25) is 0 Å². The zero-order chi connectivity index (χ0) is 17.0. The van der Waals surface area contributed by atoms with Gasteiger partial charge in [-0.2, -0.15) is 13.2 Å². The van der Waals surface area contributed by atoms with Crippen molar-refractivity contribution in [1.29, 1.82) is 0 Å². The number of nitrogens with zero attached hydrogens (tertiary/aromatic N) is 1. The molecule has 1 unspecified atom stereocenters. The minimum absolute atomic E-state index is 0.102. The van der Waals surface area contributed by atoms with Crippen LogP contribution in [0.2, 0.25) is 0 Å². The molecule has 1 aromatic rings. The van der Waals surface area contributed by atoms with Gasteiger partial charge >= 0.3 is 12.1 Å². The van der Waals surface area contributed by atoms with Crippen LogP contribution in [-0.2, 0) is 11.0 Å². The monoisotopic (exact) mass is 329 g/mol. The van der Waals surface area contributed by atoms with Gasteiger partial charge in [-0.05, 0) is 56.8 Å². The van der Waals surface area contributed by atoms with Gasteiger partial charge in [0.25, 0.3) is 0 Å². The molecule has 0 radical (unpaired) electrons. The molecule has 2 rings (SSSR count). The van der Waals surface area contributed by atoms with Gasteiger partial charge in [-0.15, -0.1) is 0 Å². The quantitative estimate of drug-likeness (QED) is 0.715. The van der Waals surface area contributed by atoms with Crippen molar-refractivity contribution < 1.29 is 23.1 Å². The number of halogens is 3. The third-order valence-electron chi connectivity index (χ3n) is 4.27. The molecule has 1 atom stereocenters. The molecule has 0 saturated heterocycles. The number of carbonyl (C=O) groups is 1. The third-order valence-corrected chi connectivity index (χ3v) is 4.27. The maximum atomic E-state index is 12.9. The molecule has 0 bridgehead atoms. The molecular weight excluding hydrogens is 307 g/mol. The van der Waals surface area contributed by atoms with Gasteiger partial charge in [0.05, 0.1) is 5.56 Å². The van der Waals surface area contributed by atoms with Crippen LogP contribution in [0.25, 0.3) is 0 Å². The van der Waals surface area contributed by atoms with Crippen molar-refractivity contribution in [3.8, 4) is 0 Å². The zero-order valence-corrected chi connectivity index (χ0v) is 13.1. The summed E-state index contributed by atoms with van der Waals surface area (Å²) >= 11 is 0. The highest BCUT2D eigenvalue weighted by molar-refractivity contribution is 5.66. The van der Waals surface area contributed by atoms with Gasteiger partial charge in [0, 0.05) is 18.5 Å². The lowest BCUT2D eigenvalue weighted by atomic mass is 10.0. The van der Waals surface area contributed by atoms with Gasteiger partial charge in [-0.3, -0.25) is 9.69 Å². The number of carboxylic acids is 1. The highest BCUT2D eigenvalue weighted by Crippen LogP contribution is 2.36. The van der Waals surface area contributed by atoms with Crippen molar-refractivity contribution in [1.82, 2.24) is 4.90 Å². The molecule has 0 aromatic heterocycles. The van der Waals surface area contributed by atoms with Crippen LogP contribution in [0.15, 0.2) is 24.3 Å². The van der Waals surface area contributed by atoms with Crippen LogP contribution in [0.5, 0.6) is 0 Å². The summed E-state index contributed by atoms with van der Waals surface area (Å²) in [6.07, 6.45) is -0.748. The van der Waals surface area contributed by atoms with Crippen LogP contribution in [0.1, 0.15) is 56.2 Å². The number of rotatable bonds is 8. The predicted molar refractivity (Wildman–Crippen MR) is 81.1 cm³/mol. The van der Waals surface area contributed by atoms with Crippen LogP contribution in [0.4, 0.5) is 13.2 Å². The Labute approximate surface area is 134 Å². The van der Waals surface area contributed by atoms with E-state index >= 15 is 0 Å². The van der Waals surface area contributed by atoms with E-state index in [1.165, 1.54) is 12.1 Å². The first-order chi connectivity index (χ1) is 10.8. The number of hydrogen-bond acceptors (Lipinski definition) is 2. The maximum absolute atomic E-state index is 12.9. The standard InChI is InChI=1S/C17H22F3NO2/c1-12(13-5-4-6-14(11-13)17(18,19)20)21(15-8-9-15)10-3-2-7-16(22)23/h4-6,11-12,15H,2-3,7-10H2,1H3,(H,22,23). The summed E-state index contributed by atoms with van der Waals surface area (Å²) in [7, 11) is 0. The molecular formula is C17H22F3NO2. The highest BCUT2D eigenvalue weighted by atomic mass is 19.4. The lowest BCUT2D eigenvalue weighted by molar-refractivity contribution is -0.138. The van der Waals surface area contributed by atoms with Crippen LogP contribution in [0.3, 0.4) is 0 Å². The smallest absolute Gasteiger partial charge is 0.416 e. The molecule has 1 aliphatic carbocycles. The minimum Gasteiger partial charge on any atom is -0.481 e. The van der Waals surface area contributed by atoms with Gasteiger partial charge in [0.15, 0.2) is 0 Å². The Morgan fingerprint density at radius 2 is 2.04 bits per heavy atom. The number of aliphatic carboxylic acids is 1. The largest absolute Gasteiger partial charge is 0.481 e. The number of alkyl halides is 3. The van der Waals surface area contributed by atoms with Gasteiger partial charge in [-0.25, -0.2) is 0 Å². The fourth-order valence-electron chi connectivity index (χ4n) is 2.84. The average molecular weight is 329 g/mol. The van der Waals surface area contributed by atoms with Gasteiger partial charge in [-0.1, -0.05) is 12.1 Å². The molecule has 1 N–H and O–H groups in total. The molecule has 0 heterocycles. The second kappa shape index (κ2) is 7.34. The lowest BCUT2D eigenvalue weighted by Crippen LogP contribution is -2.30. The van der Waals surface area contributed by atoms with E-state index < -0.39 is 17.7 Å². The zero-order valence-electron chi connectivity index (χ0n) is 13.1. The second-order valence-corrected chi connectivity index (χ2v) is 6.12. The van der Waals surface area contributed by atoms with E-state index in [4.69, 9.17) is 5.11 Å². The summed E-state index contributed by atoms with van der Waals surface area (Å²) in [5.41, 5.74) is 0.0356. The summed E-state index contributed by atoms with van der Waals surface area (Å²) < 4.78 is 38.6. The molecule has 0 spiro atoms. The maximum Gasteiger partial charge on any atom is 0.416 e. The van der Waals surface area contributed by atoms with E-state index in [0.717, 1.165) is 31.9 Å². The number of unbranched alkanes of at least 4 members (excludes halogenated alkanes) is 1. The molecule has 23 heavy (non-hydrogen) atoms. The van der Waals surface area contributed by atoms with Crippen molar-refractivity contribution in [3.05, 3.63) is 35.4 Å². The highest BCUT2D eigenvalue weighted by Gasteiger charge is 2.34. The normalized spacial score (nSPS) is 16.6. The van der Waals surface area contributed by atoms with Crippen LogP contribution < -0.4 is 0 Å². The van der Waals surface area contributed by atoms with Crippen LogP contribution >= 0.6 is 0 Å². The molecule has 1 aliphatic rings. The Kier molecular flexibility index (Phi) is 5.68. The first-order valence-corrected chi connectivity index (χ1v) is 7.93. The topological polar surface area (TPSA) is 40.5 Å². The van der Waals surface area contributed by atoms with Crippen molar-refractivity contribution in [2.24, 2.45) is 0 Å². The fraction of sp³-hybridized carbons (Fsp3) is 0.588. The Balaban J connectivity index is 2.03. The molecule has 1 saturated carbocycles. The molecule has 128 valence electrons.